The number of sulfonamides is 1. The lowest BCUT2D eigenvalue weighted by atomic mass is 9.91. The fraction of sp³-hybridized carbons (Fsp3) is 0.471. The largest absolute Gasteiger partial charge is 0.355 e. The Morgan fingerprint density at radius 3 is 2.27 bits per heavy atom. The van der Waals surface area contributed by atoms with Gasteiger partial charge >= 0.3 is 0 Å². The van der Waals surface area contributed by atoms with Gasteiger partial charge in [0.05, 0.1) is 0 Å². The summed E-state index contributed by atoms with van der Waals surface area (Å²) < 4.78 is 29.1. The Kier molecular flexibility index (Phi) is 3.85. The molecule has 0 spiro atoms. The van der Waals surface area contributed by atoms with E-state index in [1.54, 1.807) is 0 Å². The van der Waals surface area contributed by atoms with Gasteiger partial charge in [0.15, 0.2) is 0 Å². The van der Waals surface area contributed by atoms with Gasteiger partial charge in [-0.1, -0.05) is 44.2 Å². The molecule has 0 radical (unpaired) electrons. The summed E-state index contributed by atoms with van der Waals surface area (Å²) in [6, 6.07) is 9.26. The first kappa shape index (κ1) is 15.3. The fourth-order valence-electron chi connectivity index (χ4n) is 3.61. The monoisotopic (exact) mass is 318 g/mol. The fourth-order valence-corrected chi connectivity index (χ4v) is 5.09. The van der Waals surface area contributed by atoms with Crippen LogP contribution < -0.4 is 0 Å². The SMILES string of the molecule is CC1=C(c2ccccc2)S(=O)(=O)N=C1N1C[C@H](C)C[C@H](C)C1. The summed E-state index contributed by atoms with van der Waals surface area (Å²) in [6.07, 6.45) is 1.19. The number of likely N-dealkylation sites (tertiary alicyclic amines) is 1. The molecule has 2 heterocycles. The highest BCUT2D eigenvalue weighted by Gasteiger charge is 2.35. The van der Waals surface area contributed by atoms with Crippen LogP contribution in [0, 0.1) is 11.8 Å². The molecule has 0 saturated carbocycles. The molecule has 118 valence electrons. The van der Waals surface area contributed by atoms with Crippen LogP contribution in [0.25, 0.3) is 4.91 Å². The zero-order chi connectivity index (χ0) is 15.9. The van der Waals surface area contributed by atoms with E-state index in [1.165, 1.54) is 6.42 Å². The maximum atomic E-state index is 12.5. The highest BCUT2D eigenvalue weighted by molar-refractivity contribution is 8.00. The summed E-state index contributed by atoms with van der Waals surface area (Å²) in [5.74, 6) is 1.75. The molecule has 22 heavy (non-hydrogen) atoms. The molecule has 0 N–H and O–H groups in total. The molecule has 0 amide bonds. The summed E-state index contributed by atoms with van der Waals surface area (Å²) in [7, 11) is -3.60. The third-order valence-electron chi connectivity index (χ3n) is 4.34. The Bertz CT molecular complexity index is 725. The second kappa shape index (κ2) is 5.54. The Morgan fingerprint density at radius 2 is 1.68 bits per heavy atom. The summed E-state index contributed by atoms with van der Waals surface area (Å²) >= 11 is 0. The molecule has 1 aromatic rings. The van der Waals surface area contributed by atoms with Crippen molar-refractivity contribution < 1.29 is 8.42 Å². The van der Waals surface area contributed by atoms with E-state index in [1.807, 2.05) is 37.3 Å². The van der Waals surface area contributed by atoms with Crippen LogP contribution in [-0.4, -0.2) is 32.2 Å². The van der Waals surface area contributed by atoms with Crippen LogP contribution in [-0.2, 0) is 10.0 Å². The van der Waals surface area contributed by atoms with Crippen molar-refractivity contribution in [3.05, 3.63) is 41.5 Å². The van der Waals surface area contributed by atoms with Crippen molar-refractivity contribution in [2.45, 2.75) is 27.2 Å². The van der Waals surface area contributed by atoms with E-state index >= 15 is 0 Å². The predicted molar refractivity (Wildman–Crippen MR) is 89.9 cm³/mol. The zero-order valence-electron chi connectivity index (χ0n) is 13.3. The molecule has 1 saturated heterocycles. The summed E-state index contributed by atoms with van der Waals surface area (Å²) in [4.78, 5) is 2.50. The Morgan fingerprint density at radius 1 is 1.09 bits per heavy atom. The molecule has 1 aromatic carbocycles. The lowest BCUT2D eigenvalue weighted by Crippen LogP contribution is -2.42. The van der Waals surface area contributed by atoms with Gasteiger partial charge in [0.25, 0.3) is 10.0 Å². The van der Waals surface area contributed by atoms with Crippen molar-refractivity contribution in [3.8, 4) is 0 Å². The standard InChI is InChI=1S/C17H22N2O2S/c1-12-9-13(2)11-19(10-12)17-14(3)16(22(20,21)18-17)15-7-5-4-6-8-15/h4-8,12-13H,9-11H2,1-3H3/t12-,13+. The normalized spacial score (nSPS) is 28.0. The molecule has 0 aromatic heterocycles. The molecule has 4 nitrogen and oxygen atoms in total. The third-order valence-corrected chi connectivity index (χ3v) is 5.82. The summed E-state index contributed by atoms with van der Waals surface area (Å²) in [5.41, 5.74) is 1.49. The highest BCUT2D eigenvalue weighted by Crippen LogP contribution is 2.35. The van der Waals surface area contributed by atoms with E-state index < -0.39 is 10.0 Å². The van der Waals surface area contributed by atoms with E-state index in [0.29, 0.717) is 22.6 Å². The lowest BCUT2D eigenvalue weighted by molar-refractivity contribution is 0.214. The topological polar surface area (TPSA) is 49.7 Å². The first-order valence-electron chi connectivity index (χ1n) is 7.75. The summed E-state index contributed by atoms with van der Waals surface area (Å²) in [6.45, 7) is 8.04. The van der Waals surface area contributed by atoms with Gasteiger partial charge in [-0.15, -0.1) is 4.40 Å². The molecule has 3 rings (SSSR count). The van der Waals surface area contributed by atoms with Crippen molar-refractivity contribution in [3.63, 3.8) is 0 Å². The zero-order valence-corrected chi connectivity index (χ0v) is 14.1. The molecule has 2 aliphatic heterocycles. The van der Waals surface area contributed by atoms with Gasteiger partial charge in [0, 0.05) is 18.7 Å². The lowest BCUT2D eigenvalue weighted by Gasteiger charge is -2.36. The smallest absolute Gasteiger partial charge is 0.285 e. The Balaban J connectivity index is 2.02. The number of amidine groups is 1. The molecule has 2 aliphatic rings. The van der Waals surface area contributed by atoms with E-state index in [9.17, 15) is 8.42 Å². The minimum Gasteiger partial charge on any atom is -0.355 e. The number of hydrogen-bond donors (Lipinski definition) is 0. The molecule has 0 aliphatic carbocycles. The van der Waals surface area contributed by atoms with E-state index in [0.717, 1.165) is 24.2 Å². The van der Waals surface area contributed by atoms with Crippen LogP contribution in [0.15, 0.2) is 40.3 Å². The number of benzene rings is 1. The Hall–Kier alpha value is -1.62. The first-order chi connectivity index (χ1) is 10.4. The van der Waals surface area contributed by atoms with E-state index in [2.05, 4.69) is 23.1 Å². The molecule has 1 fully saturated rings. The van der Waals surface area contributed by atoms with Crippen molar-refractivity contribution in [2.24, 2.45) is 16.2 Å². The van der Waals surface area contributed by atoms with Gasteiger partial charge in [-0.25, -0.2) is 0 Å². The average Bonchev–Trinajstić information content (AvgIpc) is 2.68. The van der Waals surface area contributed by atoms with Gasteiger partial charge in [-0.2, -0.15) is 8.42 Å². The van der Waals surface area contributed by atoms with Crippen molar-refractivity contribution in [1.82, 2.24) is 4.90 Å². The molecule has 5 heteroatoms. The van der Waals surface area contributed by atoms with Crippen molar-refractivity contribution in [1.29, 1.82) is 0 Å². The molecule has 0 unspecified atom stereocenters. The molecular formula is C17H22N2O2S. The van der Waals surface area contributed by atoms with Crippen LogP contribution in [0.2, 0.25) is 0 Å². The van der Waals surface area contributed by atoms with Gasteiger partial charge in [0.1, 0.15) is 10.7 Å². The van der Waals surface area contributed by atoms with E-state index in [4.69, 9.17) is 0 Å². The minimum atomic E-state index is -3.60. The van der Waals surface area contributed by atoms with Gasteiger partial charge in [-0.05, 0) is 30.7 Å². The van der Waals surface area contributed by atoms with Gasteiger partial charge in [0.2, 0.25) is 0 Å². The Labute approximate surface area is 132 Å². The number of nitrogens with zero attached hydrogens (tertiary/aromatic N) is 2. The van der Waals surface area contributed by atoms with Crippen LogP contribution >= 0.6 is 0 Å². The maximum absolute atomic E-state index is 12.5. The second-order valence-corrected chi connectivity index (χ2v) is 8.10. The van der Waals surface area contributed by atoms with E-state index in [-0.39, 0.29) is 0 Å². The van der Waals surface area contributed by atoms with Crippen molar-refractivity contribution >= 4 is 20.8 Å². The number of hydrogen-bond acceptors (Lipinski definition) is 3. The first-order valence-corrected chi connectivity index (χ1v) is 9.19. The van der Waals surface area contributed by atoms with Gasteiger partial charge < -0.3 is 4.90 Å². The second-order valence-electron chi connectivity index (χ2n) is 6.56. The summed E-state index contributed by atoms with van der Waals surface area (Å²) in [5, 5.41) is 0. The van der Waals surface area contributed by atoms with Crippen LogP contribution in [0.4, 0.5) is 0 Å². The third kappa shape index (κ3) is 2.70. The van der Waals surface area contributed by atoms with Gasteiger partial charge in [-0.3, -0.25) is 0 Å². The molecular weight excluding hydrogens is 296 g/mol. The minimum absolute atomic E-state index is 0.356. The number of piperidine rings is 1. The van der Waals surface area contributed by atoms with Crippen LogP contribution in [0.5, 0.6) is 0 Å². The van der Waals surface area contributed by atoms with Crippen LogP contribution in [0.1, 0.15) is 32.8 Å². The highest BCUT2D eigenvalue weighted by atomic mass is 32.2. The van der Waals surface area contributed by atoms with Crippen LogP contribution in [0.3, 0.4) is 0 Å². The number of rotatable bonds is 1. The molecule has 2 atom stereocenters. The predicted octanol–water partition coefficient (Wildman–Crippen LogP) is 3.14. The quantitative estimate of drug-likeness (QED) is 0.799. The molecule has 0 bridgehead atoms. The maximum Gasteiger partial charge on any atom is 0.285 e. The van der Waals surface area contributed by atoms with Crippen molar-refractivity contribution in [2.75, 3.05) is 13.1 Å². The average molecular weight is 318 g/mol.